The van der Waals surface area contributed by atoms with Gasteiger partial charge in [0.1, 0.15) is 0 Å². The van der Waals surface area contributed by atoms with Crippen molar-refractivity contribution in [2.45, 2.75) is 20.4 Å². The highest BCUT2D eigenvalue weighted by molar-refractivity contribution is 5.58. The quantitative estimate of drug-likeness (QED) is 0.771. The maximum atomic E-state index is 11.9. The van der Waals surface area contributed by atoms with Crippen LogP contribution in [0.4, 0.5) is 5.95 Å². The first kappa shape index (κ1) is 15.8. The molecule has 1 N–H and O–H groups in total. The van der Waals surface area contributed by atoms with Gasteiger partial charge in [-0.15, -0.1) is 0 Å². The monoisotopic (exact) mass is 322 g/mol. The molecule has 3 aromatic rings. The molecule has 7 heteroatoms. The van der Waals surface area contributed by atoms with E-state index in [0.717, 1.165) is 22.6 Å². The van der Waals surface area contributed by atoms with Crippen LogP contribution in [0.15, 0.2) is 47.7 Å². The molecule has 3 heterocycles. The number of hydrogen-bond donors (Lipinski definition) is 1. The summed E-state index contributed by atoms with van der Waals surface area (Å²) >= 11 is 0. The highest BCUT2D eigenvalue weighted by atomic mass is 16.1. The minimum Gasteiger partial charge on any atom is -0.352 e. The Bertz CT molecular complexity index is 891. The van der Waals surface area contributed by atoms with Crippen LogP contribution in [0, 0.1) is 13.8 Å². The van der Waals surface area contributed by atoms with E-state index in [9.17, 15) is 4.79 Å². The van der Waals surface area contributed by atoms with Crippen LogP contribution in [-0.2, 0) is 6.54 Å². The number of hydrogen-bond acceptors (Lipinski definition) is 6. The molecule has 3 rings (SSSR count). The van der Waals surface area contributed by atoms with Crippen LogP contribution < -0.4 is 11.0 Å². The van der Waals surface area contributed by atoms with Crippen molar-refractivity contribution in [3.8, 4) is 11.3 Å². The fraction of sp³-hybridized carbons (Fsp3) is 0.235. The van der Waals surface area contributed by atoms with Crippen LogP contribution in [0.3, 0.4) is 0 Å². The van der Waals surface area contributed by atoms with Crippen LogP contribution in [0.1, 0.15) is 11.4 Å². The van der Waals surface area contributed by atoms with Crippen LogP contribution in [0.5, 0.6) is 0 Å². The second-order valence-corrected chi connectivity index (χ2v) is 5.40. The molecule has 0 aromatic carbocycles. The first-order valence-corrected chi connectivity index (χ1v) is 7.66. The standard InChI is InChI=1S/C17H18N6O/c1-12-11-13(2)23(17(24)21-12)10-9-20-16-19-8-5-15(22-16)14-3-6-18-7-4-14/h3-8,11H,9-10H2,1-2H3,(H,19,20,22). The smallest absolute Gasteiger partial charge is 0.348 e. The Labute approximate surface area is 139 Å². The summed E-state index contributed by atoms with van der Waals surface area (Å²) in [5.41, 5.74) is 3.18. The van der Waals surface area contributed by atoms with E-state index in [2.05, 4.69) is 25.3 Å². The van der Waals surface area contributed by atoms with Gasteiger partial charge in [-0.1, -0.05) is 0 Å². The zero-order chi connectivity index (χ0) is 16.9. The van der Waals surface area contributed by atoms with Gasteiger partial charge in [0.05, 0.1) is 5.69 Å². The molecule has 122 valence electrons. The molecule has 0 atom stereocenters. The summed E-state index contributed by atoms with van der Waals surface area (Å²) in [6.45, 7) is 4.75. The van der Waals surface area contributed by atoms with E-state index >= 15 is 0 Å². The van der Waals surface area contributed by atoms with Gasteiger partial charge in [-0.25, -0.2) is 14.8 Å². The van der Waals surface area contributed by atoms with Gasteiger partial charge >= 0.3 is 5.69 Å². The van der Waals surface area contributed by atoms with Crippen LogP contribution in [-0.4, -0.2) is 31.0 Å². The minimum atomic E-state index is -0.235. The first-order chi connectivity index (χ1) is 11.6. The SMILES string of the molecule is Cc1cc(C)n(CCNc2nccc(-c3ccncc3)n2)c(=O)n1. The molecule has 0 fully saturated rings. The number of rotatable bonds is 5. The summed E-state index contributed by atoms with van der Waals surface area (Å²) in [4.78, 5) is 28.6. The average Bonchev–Trinajstić information content (AvgIpc) is 2.58. The van der Waals surface area contributed by atoms with Crippen molar-refractivity contribution in [3.63, 3.8) is 0 Å². The maximum Gasteiger partial charge on any atom is 0.348 e. The number of anilines is 1. The van der Waals surface area contributed by atoms with E-state index in [1.165, 1.54) is 0 Å². The third-order valence-corrected chi connectivity index (χ3v) is 3.60. The number of aromatic nitrogens is 5. The number of nitrogens with zero attached hydrogens (tertiary/aromatic N) is 5. The number of pyridine rings is 1. The fourth-order valence-corrected chi connectivity index (χ4v) is 2.45. The Morgan fingerprint density at radius 2 is 1.88 bits per heavy atom. The maximum absolute atomic E-state index is 11.9. The molecular weight excluding hydrogens is 304 g/mol. The first-order valence-electron chi connectivity index (χ1n) is 7.66. The number of aryl methyl sites for hydroxylation is 2. The van der Waals surface area contributed by atoms with Gasteiger partial charge in [0.2, 0.25) is 5.95 Å². The van der Waals surface area contributed by atoms with Crippen LogP contribution in [0.25, 0.3) is 11.3 Å². The molecule has 24 heavy (non-hydrogen) atoms. The molecular formula is C17H18N6O. The summed E-state index contributed by atoms with van der Waals surface area (Å²) in [5, 5.41) is 3.15. The van der Waals surface area contributed by atoms with Crippen molar-refractivity contribution in [2.75, 3.05) is 11.9 Å². The van der Waals surface area contributed by atoms with Gasteiger partial charge in [0.25, 0.3) is 0 Å². The van der Waals surface area contributed by atoms with E-state index in [-0.39, 0.29) is 5.69 Å². The Balaban J connectivity index is 1.69. The Hall–Kier alpha value is -3.09. The van der Waals surface area contributed by atoms with Gasteiger partial charge in [0, 0.05) is 48.6 Å². The largest absolute Gasteiger partial charge is 0.352 e. The molecule has 0 unspecified atom stereocenters. The Morgan fingerprint density at radius 3 is 2.62 bits per heavy atom. The lowest BCUT2D eigenvalue weighted by atomic mass is 10.2. The van der Waals surface area contributed by atoms with Crippen LogP contribution >= 0.6 is 0 Å². The van der Waals surface area contributed by atoms with Crippen molar-refractivity contribution >= 4 is 5.95 Å². The van der Waals surface area contributed by atoms with Gasteiger partial charge in [0.15, 0.2) is 0 Å². The zero-order valence-corrected chi connectivity index (χ0v) is 13.6. The molecule has 0 aliphatic rings. The third kappa shape index (κ3) is 3.62. The van der Waals surface area contributed by atoms with Gasteiger partial charge in [-0.2, -0.15) is 4.98 Å². The van der Waals surface area contributed by atoms with E-state index in [1.54, 1.807) is 23.2 Å². The molecule has 0 aliphatic heterocycles. The summed E-state index contributed by atoms with van der Waals surface area (Å²) < 4.78 is 1.63. The minimum absolute atomic E-state index is 0.235. The molecule has 0 saturated heterocycles. The van der Waals surface area contributed by atoms with E-state index in [0.29, 0.717) is 19.0 Å². The van der Waals surface area contributed by atoms with E-state index in [1.807, 2.05) is 38.1 Å². The number of nitrogens with one attached hydrogen (secondary N) is 1. The van der Waals surface area contributed by atoms with Crippen molar-refractivity contribution in [1.29, 1.82) is 0 Å². The van der Waals surface area contributed by atoms with E-state index < -0.39 is 0 Å². The highest BCUT2D eigenvalue weighted by Crippen LogP contribution is 2.15. The zero-order valence-electron chi connectivity index (χ0n) is 13.6. The molecule has 7 nitrogen and oxygen atoms in total. The summed E-state index contributed by atoms with van der Waals surface area (Å²) in [6.07, 6.45) is 5.16. The van der Waals surface area contributed by atoms with E-state index in [4.69, 9.17) is 0 Å². The Morgan fingerprint density at radius 1 is 1.08 bits per heavy atom. The predicted molar refractivity (Wildman–Crippen MR) is 91.7 cm³/mol. The van der Waals surface area contributed by atoms with Crippen molar-refractivity contribution in [3.05, 3.63) is 64.7 Å². The van der Waals surface area contributed by atoms with Crippen molar-refractivity contribution in [2.24, 2.45) is 0 Å². The molecule has 0 amide bonds. The van der Waals surface area contributed by atoms with Crippen molar-refractivity contribution < 1.29 is 0 Å². The average molecular weight is 322 g/mol. The predicted octanol–water partition coefficient (Wildman–Crippen LogP) is 1.82. The van der Waals surface area contributed by atoms with Gasteiger partial charge in [-0.3, -0.25) is 9.55 Å². The molecule has 0 saturated carbocycles. The van der Waals surface area contributed by atoms with Crippen molar-refractivity contribution in [1.82, 2.24) is 24.5 Å². The topological polar surface area (TPSA) is 85.6 Å². The third-order valence-electron chi connectivity index (χ3n) is 3.60. The fourth-order valence-electron chi connectivity index (χ4n) is 2.45. The molecule has 0 radical (unpaired) electrons. The lowest BCUT2D eigenvalue weighted by Gasteiger charge is -2.11. The molecule has 0 bridgehead atoms. The summed E-state index contributed by atoms with van der Waals surface area (Å²) in [6, 6.07) is 7.53. The Kier molecular flexibility index (Phi) is 4.60. The van der Waals surface area contributed by atoms with Gasteiger partial charge < -0.3 is 5.32 Å². The molecule has 0 spiro atoms. The summed E-state index contributed by atoms with van der Waals surface area (Å²) in [5.74, 6) is 0.523. The lowest BCUT2D eigenvalue weighted by Crippen LogP contribution is -2.28. The summed E-state index contributed by atoms with van der Waals surface area (Å²) in [7, 11) is 0. The normalized spacial score (nSPS) is 10.6. The van der Waals surface area contributed by atoms with Gasteiger partial charge in [-0.05, 0) is 38.1 Å². The second kappa shape index (κ2) is 6.99. The lowest BCUT2D eigenvalue weighted by molar-refractivity contribution is 0.646. The second-order valence-electron chi connectivity index (χ2n) is 5.40. The highest BCUT2D eigenvalue weighted by Gasteiger charge is 2.04. The molecule has 0 aliphatic carbocycles. The molecule has 3 aromatic heterocycles. The van der Waals surface area contributed by atoms with Crippen LogP contribution in [0.2, 0.25) is 0 Å².